The molecule has 0 unspecified atom stereocenters. The number of rotatable bonds is 6. The second kappa shape index (κ2) is 12.0. The first kappa shape index (κ1) is 28.3. The van der Waals surface area contributed by atoms with Crippen LogP contribution in [-0.4, -0.2) is 0 Å². The summed E-state index contributed by atoms with van der Waals surface area (Å²) in [5.74, 6) is 0. The first-order chi connectivity index (χ1) is 23.8. The summed E-state index contributed by atoms with van der Waals surface area (Å²) in [4.78, 5) is 2.33. The van der Waals surface area contributed by atoms with Gasteiger partial charge in [-0.1, -0.05) is 121 Å². The summed E-state index contributed by atoms with van der Waals surface area (Å²) in [5, 5.41) is 5.18. The van der Waals surface area contributed by atoms with E-state index in [1.807, 2.05) is 11.3 Å². The molecule has 0 amide bonds. The molecule has 226 valence electrons. The Morgan fingerprint density at radius 2 is 0.812 bits per heavy atom. The first-order valence-electron chi connectivity index (χ1n) is 16.3. The van der Waals surface area contributed by atoms with E-state index in [-0.39, 0.29) is 0 Å². The molecule has 0 aliphatic rings. The molecule has 2 heteroatoms. The zero-order chi connectivity index (χ0) is 31.9. The third-order valence-corrected chi connectivity index (χ3v) is 10.4. The fraction of sp³-hybridized carbons (Fsp3) is 0. The van der Waals surface area contributed by atoms with Crippen LogP contribution in [0.25, 0.3) is 64.3 Å². The Morgan fingerprint density at radius 1 is 0.292 bits per heavy atom. The zero-order valence-electron chi connectivity index (χ0n) is 26.3. The average Bonchev–Trinajstić information content (AvgIpc) is 3.54. The molecule has 1 aromatic heterocycles. The van der Waals surface area contributed by atoms with Gasteiger partial charge in [0.05, 0.1) is 0 Å². The maximum absolute atomic E-state index is 2.34. The van der Waals surface area contributed by atoms with Crippen molar-refractivity contribution in [3.8, 4) is 33.4 Å². The van der Waals surface area contributed by atoms with Gasteiger partial charge in [0.1, 0.15) is 0 Å². The Balaban J connectivity index is 1.04. The minimum Gasteiger partial charge on any atom is -0.311 e. The maximum Gasteiger partial charge on any atom is 0.0462 e. The highest BCUT2D eigenvalue weighted by Crippen LogP contribution is 2.39. The van der Waals surface area contributed by atoms with Gasteiger partial charge in [-0.3, -0.25) is 0 Å². The smallest absolute Gasteiger partial charge is 0.0462 e. The second-order valence-corrected chi connectivity index (χ2v) is 13.3. The predicted molar refractivity (Wildman–Crippen MR) is 208 cm³/mol. The van der Waals surface area contributed by atoms with Crippen LogP contribution in [0.15, 0.2) is 188 Å². The number of hydrogen-bond donors (Lipinski definition) is 0. The van der Waals surface area contributed by atoms with Gasteiger partial charge in [-0.2, -0.15) is 0 Å². The molecule has 1 heterocycles. The standard InChI is InChI=1S/C46H31NS/c1-2-13-40(14-3-1)47(42-26-21-34(22-27-42)39-23-28-46-44(31-39)43-15-6-7-16-45(43)48-46)41-24-19-33(20-25-41)36-11-8-12-37(29-36)38-18-17-32-9-4-5-10-35(32)30-38/h1-31H. The van der Waals surface area contributed by atoms with Gasteiger partial charge in [-0.25, -0.2) is 0 Å². The molecule has 9 aromatic rings. The van der Waals surface area contributed by atoms with Gasteiger partial charge in [0.15, 0.2) is 0 Å². The number of hydrogen-bond acceptors (Lipinski definition) is 2. The van der Waals surface area contributed by atoms with E-state index in [4.69, 9.17) is 0 Å². The molecule has 0 fully saturated rings. The van der Waals surface area contributed by atoms with Gasteiger partial charge in [0, 0.05) is 37.2 Å². The van der Waals surface area contributed by atoms with Gasteiger partial charge >= 0.3 is 0 Å². The molecule has 9 rings (SSSR count). The fourth-order valence-corrected chi connectivity index (χ4v) is 7.87. The fourth-order valence-electron chi connectivity index (χ4n) is 6.78. The lowest BCUT2D eigenvalue weighted by Gasteiger charge is -2.26. The molecule has 48 heavy (non-hydrogen) atoms. The lowest BCUT2D eigenvalue weighted by atomic mass is 9.97. The third-order valence-electron chi connectivity index (χ3n) is 9.25. The number of thiophene rings is 1. The molecule has 0 saturated heterocycles. The minimum atomic E-state index is 1.12. The molecule has 0 bridgehead atoms. The molecule has 0 aliphatic heterocycles. The number of para-hydroxylation sites is 1. The average molecular weight is 630 g/mol. The SMILES string of the molecule is c1ccc(N(c2ccc(-c3cccc(-c4ccc5ccccc5c4)c3)cc2)c2ccc(-c3ccc4sc5ccccc5c4c3)cc2)cc1. The highest BCUT2D eigenvalue weighted by atomic mass is 32.1. The summed E-state index contributed by atoms with van der Waals surface area (Å²) in [6.45, 7) is 0. The summed E-state index contributed by atoms with van der Waals surface area (Å²) in [5.41, 5.74) is 10.7. The summed E-state index contributed by atoms with van der Waals surface area (Å²) < 4.78 is 2.66. The van der Waals surface area contributed by atoms with Crippen LogP contribution in [0, 0.1) is 0 Å². The normalized spacial score (nSPS) is 11.3. The van der Waals surface area contributed by atoms with E-state index in [0.717, 1.165) is 17.1 Å². The van der Waals surface area contributed by atoms with E-state index in [1.165, 1.54) is 64.3 Å². The number of fused-ring (bicyclic) bond motifs is 4. The zero-order valence-corrected chi connectivity index (χ0v) is 27.1. The Morgan fingerprint density at radius 3 is 1.56 bits per heavy atom. The molecule has 8 aromatic carbocycles. The molecule has 0 atom stereocenters. The molecule has 0 spiro atoms. The topological polar surface area (TPSA) is 3.24 Å². The molecule has 0 aliphatic carbocycles. The Bertz CT molecular complexity index is 2540. The van der Waals surface area contributed by atoms with E-state index >= 15 is 0 Å². The van der Waals surface area contributed by atoms with Gasteiger partial charge < -0.3 is 4.90 Å². The molecule has 0 N–H and O–H groups in total. The van der Waals surface area contributed by atoms with Gasteiger partial charge in [0.2, 0.25) is 0 Å². The maximum atomic E-state index is 2.34. The Hall–Kier alpha value is -5.96. The van der Waals surface area contributed by atoms with Crippen LogP contribution in [0.4, 0.5) is 17.1 Å². The molecule has 0 radical (unpaired) electrons. The molecule has 1 nitrogen and oxygen atoms in total. The molecular weight excluding hydrogens is 599 g/mol. The van der Waals surface area contributed by atoms with E-state index in [1.54, 1.807) is 0 Å². The largest absolute Gasteiger partial charge is 0.311 e. The number of nitrogens with zero attached hydrogens (tertiary/aromatic N) is 1. The highest BCUT2D eigenvalue weighted by molar-refractivity contribution is 7.25. The quantitative estimate of drug-likeness (QED) is 0.177. The van der Waals surface area contributed by atoms with Crippen LogP contribution < -0.4 is 4.90 Å². The lowest BCUT2D eigenvalue weighted by Crippen LogP contribution is -2.09. The van der Waals surface area contributed by atoms with E-state index in [0.29, 0.717) is 0 Å². The van der Waals surface area contributed by atoms with Crippen LogP contribution in [0.3, 0.4) is 0 Å². The van der Waals surface area contributed by atoms with E-state index < -0.39 is 0 Å². The van der Waals surface area contributed by atoms with Crippen molar-refractivity contribution in [3.05, 3.63) is 188 Å². The minimum absolute atomic E-state index is 1.12. The predicted octanol–water partition coefficient (Wildman–Crippen LogP) is 13.7. The first-order valence-corrected chi connectivity index (χ1v) is 17.2. The molecule has 0 saturated carbocycles. The van der Waals surface area contributed by atoms with Crippen molar-refractivity contribution in [2.75, 3.05) is 4.90 Å². The van der Waals surface area contributed by atoms with Crippen LogP contribution in [0.2, 0.25) is 0 Å². The van der Waals surface area contributed by atoms with Gasteiger partial charge in [-0.15, -0.1) is 11.3 Å². The Labute approximate surface area is 284 Å². The van der Waals surface area contributed by atoms with E-state index in [2.05, 4.69) is 193 Å². The summed E-state index contributed by atoms with van der Waals surface area (Å²) in [6.07, 6.45) is 0. The van der Waals surface area contributed by atoms with Crippen molar-refractivity contribution in [2.24, 2.45) is 0 Å². The lowest BCUT2D eigenvalue weighted by molar-refractivity contribution is 1.28. The second-order valence-electron chi connectivity index (χ2n) is 12.2. The van der Waals surface area contributed by atoms with Crippen LogP contribution in [-0.2, 0) is 0 Å². The van der Waals surface area contributed by atoms with Crippen molar-refractivity contribution in [3.63, 3.8) is 0 Å². The van der Waals surface area contributed by atoms with Crippen LogP contribution in [0.1, 0.15) is 0 Å². The van der Waals surface area contributed by atoms with Crippen molar-refractivity contribution >= 4 is 59.3 Å². The number of anilines is 3. The van der Waals surface area contributed by atoms with Crippen molar-refractivity contribution in [2.45, 2.75) is 0 Å². The van der Waals surface area contributed by atoms with E-state index in [9.17, 15) is 0 Å². The Kier molecular flexibility index (Phi) is 7.07. The van der Waals surface area contributed by atoms with Gasteiger partial charge in [-0.05, 0) is 111 Å². The van der Waals surface area contributed by atoms with Crippen molar-refractivity contribution in [1.82, 2.24) is 0 Å². The summed E-state index contributed by atoms with van der Waals surface area (Å²) >= 11 is 1.86. The molecular formula is C46H31NS. The monoisotopic (exact) mass is 629 g/mol. The summed E-state index contributed by atoms with van der Waals surface area (Å²) in [7, 11) is 0. The summed E-state index contributed by atoms with van der Waals surface area (Å²) in [6, 6.07) is 68.1. The van der Waals surface area contributed by atoms with Crippen LogP contribution >= 0.6 is 11.3 Å². The van der Waals surface area contributed by atoms with Crippen molar-refractivity contribution < 1.29 is 0 Å². The highest BCUT2D eigenvalue weighted by Gasteiger charge is 2.14. The van der Waals surface area contributed by atoms with Crippen molar-refractivity contribution in [1.29, 1.82) is 0 Å². The van der Waals surface area contributed by atoms with Gasteiger partial charge in [0.25, 0.3) is 0 Å². The third kappa shape index (κ3) is 5.23. The number of benzene rings is 8. The van der Waals surface area contributed by atoms with Crippen LogP contribution in [0.5, 0.6) is 0 Å².